The lowest BCUT2D eigenvalue weighted by molar-refractivity contribution is 0.101. The monoisotopic (exact) mass is 471 g/mol. The molecule has 34 heavy (non-hydrogen) atoms. The van der Waals surface area contributed by atoms with E-state index in [4.69, 9.17) is 11.6 Å². The van der Waals surface area contributed by atoms with Crippen molar-refractivity contribution in [2.24, 2.45) is 0 Å². The fourth-order valence-corrected chi connectivity index (χ4v) is 4.19. The van der Waals surface area contributed by atoms with Crippen molar-refractivity contribution >= 4 is 39.9 Å². The van der Waals surface area contributed by atoms with Gasteiger partial charge in [-0.2, -0.15) is 4.98 Å². The number of hydrogen-bond acceptors (Lipinski definition) is 4. The number of amides is 1. The molecule has 0 aliphatic heterocycles. The summed E-state index contributed by atoms with van der Waals surface area (Å²) < 4.78 is 3.12. The predicted molar refractivity (Wildman–Crippen MR) is 134 cm³/mol. The lowest BCUT2D eigenvalue weighted by atomic mass is 10.1. The Bertz CT molecular complexity index is 1630. The van der Waals surface area contributed by atoms with Crippen molar-refractivity contribution < 1.29 is 4.79 Å². The first-order valence-corrected chi connectivity index (χ1v) is 11.2. The summed E-state index contributed by atoms with van der Waals surface area (Å²) in [6.45, 7) is 6.28. The van der Waals surface area contributed by atoms with Gasteiger partial charge >= 0.3 is 0 Å². The molecule has 0 fully saturated rings. The highest BCUT2D eigenvalue weighted by molar-refractivity contribution is 6.34. The molecule has 1 N–H and O–H groups in total. The van der Waals surface area contributed by atoms with Gasteiger partial charge in [0.15, 0.2) is 0 Å². The van der Waals surface area contributed by atoms with Gasteiger partial charge in [-0.3, -0.25) is 14.2 Å². The number of hydrogen-bond donors (Lipinski definition) is 1. The molecule has 7 nitrogen and oxygen atoms in total. The molecule has 0 bridgehead atoms. The highest BCUT2D eigenvalue weighted by atomic mass is 35.5. The number of nitrogens with zero attached hydrogens (tertiary/aromatic N) is 4. The van der Waals surface area contributed by atoms with E-state index in [9.17, 15) is 9.59 Å². The minimum atomic E-state index is -0.542. The van der Waals surface area contributed by atoms with Crippen molar-refractivity contribution in [3.8, 4) is 0 Å². The zero-order valence-electron chi connectivity index (χ0n) is 19.0. The lowest BCUT2D eigenvalue weighted by Crippen LogP contribution is -2.24. The molecule has 8 heteroatoms. The third kappa shape index (κ3) is 3.95. The number of nitrogens with one attached hydrogen (secondary N) is 1. The minimum absolute atomic E-state index is 0.0867. The normalized spacial score (nSPS) is 11.3. The van der Waals surface area contributed by atoms with Crippen molar-refractivity contribution in [1.29, 1.82) is 0 Å². The summed E-state index contributed by atoms with van der Waals surface area (Å²) in [4.78, 5) is 30.7. The molecule has 0 radical (unpaired) electrons. The quantitative estimate of drug-likeness (QED) is 0.403. The van der Waals surface area contributed by atoms with E-state index < -0.39 is 5.91 Å². The maximum Gasteiger partial charge on any atom is 0.296 e. The SMILES string of the molecule is Cc1ccc(Cn2c(=O)c3nc(C(=O)Nc4ccc(C)cc4Cl)nn3c3ccc(C)cc32)cc1. The van der Waals surface area contributed by atoms with Gasteiger partial charge in [-0.25, -0.2) is 4.52 Å². The fourth-order valence-electron chi connectivity index (χ4n) is 3.91. The second-order valence-corrected chi connectivity index (χ2v) is 8.88. The van der Waals surface area contributed by atoms with Crippen molar-refractivity contribution in [3.63, 3.8) is 0 Å². The van der Waals surface area contributed by atoms with Gasteiger partial charge < -0.3 is 5.32 Å². The fraction of sp³-hybridized carbons (Fsp3) is 0.154. The molecule has 5 aromatic rings. The van der Waals surface area contributed by atoms with E-state index in [0.717, 1.165) is 27.8 Å². The van der Waals surface area contributed by atoms with Crippen LogP contribution in [0.2, 0.25) is 5.02 Å². The van der Waals surface area contributed by atoms with Gasteiger partial charge in [0.25, 0.3) is 11.5 Å². The summed E-state index contributed by atoms with van der Waals surface area (Å²) in [7, 11) is 0. The number of rotatable bonds is 4. The van der Waals surface area contributed by atoms with Crippen LogP contribution in [0.1, 0.15) is 32.9 Å². The smallest absolute Gasteiger partial charge is 0.296 e. The first-order chi connectivity index (χ1) is 16.3. The Morgan fingerprint density at radius 2 is 1.59 bits per heavy atom. The maximum absolute atomic E-state index is 13.5. The number of benzene rings is 3. The van der Waals surface area contributed by atoms with Crippen molar-refractivity contribution in [2.75, 3.05) is 5.32 Å². The van der Waals surface area contributed by atoms with Crippen LogP contribution in [-0.2, 0) is 6.54 Å². The topological polar surface area (TPSA) is 81.3 Å². The van der Waals surface area contributed by atoms with Gasteiger partial charge in [0.05, 0.1) is 28.3 Å². The number of aryl methyl sites for hydroxylation is 3. The molecule has 1 amide bonds. The van der Waals surface area contributed by atoms with Crippen molar-refractivity contribution in [2.45, 2.75) is 27.3 Å². The van der Waals surface area contributed by atoms with Crippen LogP contribution < -0.4 is 10.9 Å². The zero-order valence-corrected chi connectivity index (χ0v) is 19.7. The summed E-state index contributed by atoms with van der Waals surface area (Å²) in [6.07, 6.45) is 0. The molecular weight excluding hydrogens is 450 g/mol. The van der Waals surface area contributed by atoms with Crippen LogP contribution in [0.15, 0.2) is 65.5 Å². The summed E-state index contributed by atoms with van der Waals surface area (Å²) in [6, 6.07) is 19.1. The van der Waals surface area contributed by atoms with Crippen LogP contribution in [-0.4, -0.2) is 25.1 Å². The molecule has 0 unspecified atom stereocenters. The van der Waals surface area contributed by atoms with Gasteiger partial charge in [-0.15, -0.1) is 5.10 Å². The summed E-state index contributed by atoms with van der Waals surface area (Å²) >= 11 is 6.25. The van der Waals surface area contributed by atoms with E-state index in [-0.39, 0.29) is 17.0 Å². The molecule has 2 aromatic heterocycles. The highest BCUT2D eigenvalue weighted by Crippen LogP contribution is 2.23. The molecule has 0 atom stereocenters. The van der Waals surface area contributed by atoms with E-state index in [0.29, 0.717) is 22.8 Å². The molecule has 5 rings (SSSR count). The summed E-state index contributed by atoms with van der Waals surface area (Å²) in [5.41, 5.74) is 5.75. The minimum Gasteiger partial charge on any atom is -0.318 e. The van der Waals surface area contributed by atoms with Crippen LogP contribution in [0, 0.1) is 20.8 Å². The first kappa shape index (κ1) is 21.9. The summed E-state index contributed by atoms with van der Waals surface area (Å²) in [5.74, 6) is -0.650. The van der Waals surface area contributed by atoms with Gasteiger partial charge in [0.2, 0.25) is 11.5 Å². The Morgan fingerprint density at radius 3 is 2.32 bits per heavy atom. The average molecular weight is 472 g/mol. The second kappa shape index (κ2) is 8.43. The summed E-state index contributed by atoms with van der Waals surface area (Å²) in [5, 5.41) is 7.52. The average Bonchev–Trinajstić information content (AvgIpc) is 3.26. The third-order valence-electron chi connectivity index (χ3n) is 5.73. The van der Waals surface area contributed by atoms with Crippen molar-refractivity contribution in [1.82, 2.24) is 19.2 Å². The Morgan fingerprint density at radius 1 is 0.912 bits per heavy atom. The standard InChI is InChI=1S/C26H22ClN5O2/c1-15-4-8-18(9-5-15)14-31-22-13-17(3)7-11-21(22)32-24(26(31)34)29-23(30-32)25(33)28-20-10-6-16(2)12-19(20)27/h4-13H,14H2,1-3H3,(H,28,33). The molecule has 170 valence electrons. The Labute approximate surface area is 200 Å². The number of carbonyl (C=O) groups excluding carboxylic acids is 1. The van der Waals surface area contributed by atoms with Crippen LogP contribution >= 0.6 is 11.6 Å². The second-order valence-electron chi connectivity index (χ2n) is 8.48. The van der Waals surface area contributed by atoms with E-state index in [1.54, 1.807) is 16.7 Å². The Hall–Kier alpha value is -3.97. The van der Waals surface area contributed by atoms with Crippen LogP contribution in [0.4, 0.5) is 5.69 Å². The molecule has 2 heterocycles. The van der Waals surface area contributed by atoms with E-state index in [1.807, 2.05) is 69.3 Å². The Balaban J connectivity index is 1.63. The number of fused-ring (bicyclic) bond motifs is 3. The van der Waals surface area contributed by atoms with Crippen LogP contribution in [0.5, 0.6) is 0 Å². The molecule has 0 saturated heterocycles. The molecule has 0 spiro atoms. The maximum atomic E-state index is 13.5. The highest BCUT2D eigenvalue weighted by Gasteiger charge is 2.20. The van der Waals surface area contributed by atoms with Crippen molar-refractivity contribution in [3.05, 3.63) is 104 Å². The number of halogens is 1. The first-order valence-electron chi connectivity index (χ1n) is 10.8. The van der Waals surface area contributed by atoms with Crippen LogP contribution in [0.3, 0.4) is 0 Å². The zero-order chi connectivity index (χ0) is 24.0. The van der Waals surface area contributed by atoms with Gasteiger partial charge in [0.1, 0.15) is 0 Å². The largest absolute Gasteiger partial charge is 0.318 e. The van der Waals surface area contributed by atoms with E-state index in [1.165, 1.54) is 4.52 Å². The predicted octanol–water partition coefficient (Wildman–Crippen LogP) is 4.92. The molecular formula is C26H22ClN5O2. The number of carbonyl (C=O) groups is 1. The molecule has 3 aromatic carbocycles. The Kier molecular flexibility index (Phi) is 5.42. The molecule has 0 aliphatic carbocycles. The van der Waals surface area contributed by atoms with Crippen LogP contribution in [0.25, 0.3) is 16.7 Å². The third-order valence-corrected chi connectivity index (χ3v) is 6.04. The number of anilines is 1. The molecule has 0 aliphatic rings. The van der Waals surface area contributed by atoms with E-state index in [2.05, 4.69) is 15.4 Å². The van der Waals surface area contributed by atoms with Gasteiger partial charge in [-0.1, -0.05) is 53.6 Å². The van der Waals surface area contributed by atoms with Gasteiger partial charge in [-0.05, 0) is 61.7 Å². The number of aromatic nitrogens is 4. The van der Waals surface area contributed by atoms with Gasteiger partial charge in [0, 0.05) is 0 Å². The van der Waals surface area contributed by atoms with E-state index >= 15 is 0 Å². The lowest BCUT2D eigenvalue weighted by Gasteiger charge is -2.12. The molecule has 0 saturated carbocycles.